The number of hydrogen-bond acceptors (Lipinski definition) is 2. The van der Waals surface area contributed by atoms with Crippen molar-refractivity contribution in [1.82, 2.24) is 4.72 Å². The summed E-state index contributed by atoms with van der Waals surface area (Å²) in [7, 11) is -4.81. The van der Waals surface area contributed by atoms with Gasteiger partial charge in [0.2, 0.25) is 10.0 Å². The van der Waals surface area contributed by atoms with Crippen LogP contribution in [0.2, 0.25) is 25.2 Å². The maximum absolute atomic E-state index is 12.3. The first-order chi connectivity index (χ1) is 9.56. The van der Waals surface area contributed by atoms with Crippen molar-refractivity contribution in [3.8, 4) is 0 Å². The van der Waals surface area contributed by atoms with Gasteiger partial charge in [-0.3, -0.25) is 0 Å². The molecule has 0 saturated heterocycles. The lowest BCUT2D eigenvalue weighted by atomic mass is 10.2. The molecule has 1 rings (SSSR count). The van der Waals surface area contributed by atoms with E-state index in [4.69, 9.17) is 0 Å². The van der Waals surface area contributed by atoms with Crippen LogP contribution in [0, 0.1) is 6.92 Å². The Morgan fingerprint density at radius 3 is 2.19 bits per heavy atom. The van der Waals surface area contributed by atoms with Crippen LogP contribution in [-0.4, -0.2) is 22.5 Å². The molecule has 2 atom stereocenters. The van der Waals surface area contributed by atoms with Crippen molar-refractivity contribution in [2.75, 3.05) is 0 Å². The summed E-state index contributed by atoms with van der Waals surface area (Å²) in [4.78, 5) is 0.322. The molecule has 0 saturated carbocycles. The normalized spacial score (nSPS) is 15.5. The average Bonchev–Trinajstić information content (AvgIpc) is 2.34. The van der Waals surface area contributed by atoms with Crippen LogP contribution in [0.3, 0.4) is 0 Å². The van der Waals surface area contributed by atoms with Crippen LogP contribution in [0.25, 0.3) is 0 Å². The van der Waals surface area contributed by atoms with E-state index in [0.717, 1.165) is 12.0 Å². The molecule has 1 aromatic carbocycles. The fraction of sp³-hybridized carbons (Fsp3) is 0.500. The summed E-state index contributed by atoms with van der Waals surface area (Å²) in [5.41, 5.74) is 1.45. The molecule has 0 aromatic heterocycles. The van der Waals surface area contributed by atoms with E-state index in [0.29, 0.717) is 10.4 Å². The molecular weight excluding hydrogens is 298 g/mol. The predicted octanol–water partition coefficient (Wildman–Crippen LogP) is 3.95. The van der Waals surface area contributed by atoms with Gasteiger partial charge in [-0.15, -0.1) is 6.58 Å². The molecular formula is C16H27NO2SSi. The van der Waals surface area contributed by atoms with Crippen LogP contribution in [-0.2, 0) is 10.0 Å². The Labute approximate surface area is 130 Å². The standard InChI is InChI=1S/C16H27NO2SSi/c1-7-16(21(4,5)6)12-14(3)17-20(18,19)15-10-8-13(2)9-11-15/h7-11,14,16-17H,1,12H2,2-6H3. The van der Waals surface area contributed by atoms with Crippen LogP contribution in [0.15, 0.2) is 41.8 Å². The van der Waals surface area contributed by atoms with Gasteiger partial charge in [0.25, 0.3) is 0 Å². The third kappa shape index (κ3) is 5.41. The summed E-state index contributed by atoms with van der Waals surface area (Å²) >= 11 is 0. The van der Waals surface area contributed by atoms with Crippen molar-refractivity contribution in [1.29, 1.82) is 0 Å². The minimum Gasteiger partial charge on any atom is -0.208 e. The molecule has 0 aliphatic carbocycles. The van der Waals surface area contributed by atoms with Crippen LogP contribution < -0.4 is 4.72 Å². The Hall–Kier alpha value is -0.913. The Bertz CT molecular complexity index is 573. The van der Waals surface area contributed by atoms with E-state index in [2.05, 4.69) is 30.9 Å². The van der Waals surface area contributed by atoms with Crippen molar-refractivity contribution in [2.24, 2.45) is 0 Å². The third-order valence-electron chi connectivity index (χ3n) is 3.69. The van der Waals surface area contributed by atoms with Crippen LogP contribution in [0.4, 0.5) is 0 Å². The lowest BCUT2D eigenvalue weighted by Crippen LogP contribution is -2.37. The van der Waals surface area contributed by atoms with Gasteiger partial charge in [0.1, 0.15) is 0 Å². The number of rotatable bonds is 7. The van der Waals surface area contributed by atoms with E-state index >= 15 is 0 Å². The molecule has 118 valence electrons. The molecule has 0 heterocycles. The zero-order valence-electron chi connectivity index (χ0n) is 13.7. The van der Waals surface area contributed by atoms with Crippen molar-refractivity contribution < 1.29 is 8.42 Å². The highest BCUT2D eigenvalue weighted by Gasteiger charge is 2.27. The summed E-state index contributed by atoms with van der Waals surface area (Å²) in [5.74, 6) is 0. The van der Waals surface area contributed by atoms with Gasteiger partial charge < -0.3 is 0 Å². The van der Waals surface area contributed by atoms with Crippen molar-refractivity contribution in [2.45, 2.75) is 56.4 Å². The van der Waals surface area contributed by atoms with E-state index < -0.39 is 18.1 Å². The molecule has 5 heteroatoms. The molecule has 0 radical (unpaired) electrons. The maximum Gasteiger partial charge on any atom is 0.240 e. The average molecular weight is 326 g/mol. The van der Waals surface area contributed by atoms with Gasteiger partial charge in [-0.05, 0) is 37.9 Å². The fourth-order valence-corrected chi connectivity index (χ4v) is 5.31. The van der Waals surface area contributed by atoms with Gasteiger partial charge in [-0.1, -0.05) is 43.4 Å². The Morgan fingerprint density at radius 2 is 1.76 bits per heavy atom. The molecule has 0 spiro atoms. The molecule has 0 aliphatic heterocycles. The Morgan fingerprint density at radius 1 is 1.24 bits per heavy atom. The zero-order chi connectivity index (χ0) is 16.3. The third-order valence-corrected chi connectivity index (χ3v) is 7.99. The topological polar surface area (TPSA) is 46.2 Å². The Balaban J connectivity index is 2.79. The number of benzene rings is 1. The SMILES string of the molecule is C=CC(CC(C)NS(=O)(=O)c1ccc(C)cc1)[Si](C)(C)C. The molecule has 0 amide bonds. The number of sulfonamides is 1. The molecule has 0 aliphatic rings. The second kappa shape index (κ2) is 6.90. The van der Waals surface area contributed by atoms with Crippen LogP contribution in [0.1, 0.15) is 18.9 Å². The number of aryl methyl sites for hydroxylation is 1. The summed E-state index contributed by atoms with van der Waals surface area (Å²) in [6.45, 7) is 14.6. The quantitative estimate of drug-likeness (QED) is 0.609. The number of allylic oxidation sites excluding steroid dienone is 1. The summed E-state index contributed by atoms with van der Waals surface area (Å²) < 4.78 is 27.5. The van der Waals surface area contributed by atoms with Gasteiger partial charge >= 0.3 is 0 Å². The van der Waals surface area contributed by atoms with E-state index in [-0.39, 0.29) is 6.04 Å². The first-order valence-corrected chi connectivity index (χ1v) is 12.3. The highest BCUT2D eigenvalue weighted by Crippen LogP contribution is 2.28. The molecule has 0 fully saturated rings. The molecule has 1 N–H and O–H groups in total. The smallest absolute Gasteiger partial charge is 0.208 e. The highest BCUT2D eigenvalue weighted by molar-refractivity contribution is 7.89. The minimum atomic E-state index is -3.44. The summed E-state index contributed by atoms with van der Waals surface area (Å²) in [6, 6.07) is 6.81. The fourth-order valence-electron chi connectivity index (χ4n) is 2.28. The molecule has 2 unspecified atom stereocenters. The van der Waals surface area contributed by atoms with E-state index in [1.807, 2.05) is 32.1 Å². The molecule has 1 aromatic rings. The Kier molecular flexibility index (Phi) is 5.96. The second-order valence-corrected chi connectivity index (χ2v) is 14.0. The van der Waals surface area contributed by atoms with Crippen LogP contribution in [0.5, 0.6) is 0 Å². The largest absolute Gasteiger partial charge is 0.240 e. The van der Waals surface area contributed by atoms with Gasteiger partial charge in [0, 0.05) is 6.04 Å². The summed E-state index contributed by atoms with van der Waals surface area (Å²) in [6.07, 6.45) is 2.77. The van der Waals surface area contributed by atoms with Crippen molar-refractivity contribution in [3.63, 3.8) is 0 Å². The number of nitrogens with one attached hydrogen (secondary N) is 1. The molecule has 3 nitrogen and oxygen atoms in total. The first kappa shape index (κ1) is 18.1. The monoisotopic (exact) mass is 325 g/mol. The first-order valence-electron chi connectivity index (χ1n) is 7.28. The minimum absolute atomic E-state index is 0.106. The maximum atomic E-state index is 12.3. The summed E-state index contributed by atoms with van der Waals surface area (Å²) in [5, 5.41) is 0. The molecule has 0 bridgehead atoms. The lowest BCUT2D eigenvalue weighted by molar-refractivity contribution is 0.547. The number of hydrogen-bond donors (Lipinski definition) is 1. The van der Waals surface area contributed by atoms with E-state index in [9.17, 15) is 8.42 Å². The predicted molar refractivity (Wildman–Crippen MR) is 92.9 cm³/mol. The van der Waals surface area contributed by atoms with Gasteiger partial charge in [-0.2, -0.15) is 0 Å². The van der Waals surface area contributed by atoms with Crippen molar-refractivity contribution >= 4 is 18.1 Å². The molecule has 21 heavy (non-hydrogen) atoms. The highest BCUT2D eigenvalue weighted by atomic mass is 32.2. The lowest BCUT2D eigenvalue weighted by Gasteiger charge is -2.28. The van der Waals surface area contributed by atoms with Gasteiger partial charge in [0.15, 0.2) is 0 Å². The van der Waals surface area contributed by atoms with E-state index in [1.165, 1.54) is 0 Å². The van der Waals surface area contributed by atoms with Gasteiger partial charge in [-0.25, -0.2) is 13.1 Å². The van der Waals surface area contributed by atoms with E-state index in [1.54, 1.807) is 12.1 Å². The van der Waals surface area contributed by atoms with Crippen LogP contribution >= 0.6 is 0 Å². The second-order valence-electron chi connectivity index (χ2n) is 6.78. The zero-order valence-corrected chi connectivity index (χ0v) is 15.5. The van der Waals surface area contributed by atoms with Crippen molar-refractivity contribution in [3.05, 3.63) is 42.5 Å². The van der Waals surface area contributed by atoms with Gasteiger partial charge in [0.05, 0.1) is 13.0 Å².